The third-order valence-electron chi connectivity index (χ3n) is 4.33. The van der Waals surface area contributed by atoms with E-state index in [1.54, 1.807) is 6.26 Å². The van der Waals surface area contributed by atoms with Crippen LogP contribution in [0, 0.1) is 0 Å². The molecule has 1 aromatic carbocycles. The molecule has 1 amide bonds. The first-order valence-corrected chi connectivity index (χ1v) is 9.05. The van der Waals surface area contributed by atoms with Gasteiger partial charge in [-0.3, -0.25) is 4.79 Å². The summed E-state index contributed by atoms with van der Waals surface area (Å²) in [6.07, 6.45) is 1.65. The molecule has 0 bridgehead atoms. The molecule has 8 heteroatoms. The number of carbonyl (C=O) groups excluding carboxylic acids is 1. The van der Waals surface area contributed by atoms with E-state index in [9.17, 15) is 4.79 Å². The average molecular weight is 357 g/mol. The van der Waals surface area contributed by atoms with Gasteiger partial charge in [-0.1, -0.05) is 17.8 Å². The van der Waals surface area contributed by atoms with Gasteiger partial charge in [-0.25, -0.2) is 5.01 Å². The second kappa shape index (κ2) is 6.45. The number of benzene rings is 1. The highest BCUT2D eigenvalue weighted by Gasteiger charge is 2.30. The molecule has 0 radical (unpaired) electrons. The van der Waals surface area contributed by atoms with E-state index in [4.69, 9.17) is 10.2 Å². The predicted octanol–water partition coefficient (Wildman–Crippen LogP) is 2.67. The van der Waals surface area contributed by atoms with E-state index >= 15 is 0 Å². The van der Waals surface area contributed by atoms with Gasteiger partial charge in [0, 0.05) is 24.9 Å². The van der Waals surface area contributed by atoms with Crippen LogP contribution in [-0.4, -0.2) is 41.8 Å². The molecular formula is C17H19N5O2S. The molecule has 0 fully saturated rings. The Morgan fingerprint density at radius 1 is 1.44 bits per heavy atom. The van der Waals surface area contributed by atoms with Crippen molar-refractivity contribution in [1.82, 2.24) is 5.01 Å². The van der Waals surface area contributed by atoms with E-state index in [2.05, 4.69) is 27.5 Å². The first-order chi connectivity index (χ1) is 12.2. The van der Waals surface area contributed by atoms with Gasteiger partial charge in [0.2, 0.25) is 0 Å². The summed E-state index contributed by atoms with van der Waals surface area (Å²) in [5, 5.41) is 9.35. The topological polar surface area (TPSA) is 87.1 Å². The molecule has 0 spiro atoms. The van der Waals surface area contributed by atoms with Gasteiger partial charge in [-0.05, 0) is 24.3 Å². The Morgan fingerprint density at radius 3 is 3.08 bits per heavy atom. The van der Waals surface area contributed by atoms with Gasteiger partial charge in [0.15, 0.2) is 6.17 Å². The minimum Gasteiger partial charge on any atom is -0.465 e. The Labute approximate surface area is 149 Å². The van der Waals surface area contributed by atoms with Crippen LogP contribution in [0.15, 0.2) is 46.1 Å². The van der Waals surface area contributed by atoms with Crippen molar-refractivity contribution in [2.24, 2.45) is 10.8 Å². The first kappa shape index (κ1) is 16.0. The molecule has 1 unspecified atom stereocenters. The smallest absolute Gasteiger partial charge is 0.302 e. The van der Waals surface area contributed by atoms with Crippen LogP contribution in [0.4, 0.5) is 16.2 Å². The summed E-state index contributed by atoms with van der Waals surface area (Å²) in [5.41, 5.74) is 9.57. The van der Waals surface area contributed by atoms with Gasteiger partial charge in [0.25, 0.3) is 0 Å². The lowest BCUT2D eigenvalue weighted by Gasteiger charge is -2.22. The molecule has 1 atom stereocenters. The molecule has 3 N–H and O–H groups in total. The molecule has 2 aromatic rings. The second-order valence-electron chi connectivity index (χ2n) is 5.92. The molecule has 2 aliphatic heterocycles. The molecule has 1 aromatic heterocycles. The number of amides is 1. The van der Waals surface area contributed by atoms with Crippen molar-refractivity contribution >= 4 is 34.1 Å². The molecule has 0 saturated heterocycles. The molecule has 25 heavy (non-hydrogen) atoms. The van der Waals surface area contributed by atoms with Gasteiger partial charge in [0.1, 0.15) is 5.76 Å². The van der Waals surface area contributed by atoms with Crippen LogP contribution in [0.5, 0.6) is 0 Å². The van der Waals surface area contributed by atoms with Gasteiger partial charge < -0.3 is 20.4 Å². The fourth-order valence-corrected chi connectivity index (χ4v) is 3.82. The number of rotatable bonds is 4. The highest BCUT2D eigenvalue weighted by atomic mass is 32.2. The number of carbonyl (C=O) groups is 1. The van der Waals surface area contributed by atoms with Crippen molar-refractivity contribution in [1.29, 1.82) is 0 Å². The van der Waals surface area contributed by atoms with Gasteiger partial charge in [-0.2, -0.15) is 5.10 Å². The molecular weight excluding hydrogens is 338 g/mol. The number of nitrogens with zero attached hydrogens (tertiary/aromatic N) is 3. The Morgan fingerprint density at radius 2 is 2.32 bits per heavy atom. The van der Waals surface area contributed by atoms with Crippen LogP contribution in [0.25, 0.3) is 0 Å². The highest BCUT2D eigenvalue weighted by molar-refractivity contribution is 8.14. The van der Waals surface area contributed by atoms with Gasteiger partial charge in [0.05, 0.1) is 29.9 Å². The molecule has 0 aliphatic carbocycles. The third-order valence-corrected chi connectivity index (χ3v) is 5.20. The minimum atomic E-state index is -0.0499. The van der Waals surface area contributed by atoms with E-state index in [0.29, 0.717) is 18.8 Å². The summed E-state index contributed by atoms with van der Waals surface area (Å²) in [5.74, 6) is 1.43. The number of thioether (sulfide) groups is 1. The van der Waals surface area contributed by atoms with Crippen molar-refractivity contribution in [3.8, 4) is 0 Å². The number of nitrogens with one attached hydrogen (secondary N) is 1. The number of nitrogens with two attached hydrogens (primary N) is 1. The number of anilines is 2. The predicted molar refractivity (Wildman–Crippen MR) is 100 cm³/mol. The zero-order valence-electron chi connectivity index (χ0n) is 13.8. The number of furan rings is 1. The molecule has 2 aliphatic rings. The Hall–Kier alpha value is -2.45. The van der Waals surface area contributed by atoms with E-state index in [0.717, 1.165) is 28.4 Å². The zero-order valence-corrected chi connectivity index (χ0v) is 14.6. The average Bonchev–Trinajstić information content (AvgIpc) is 3.25. The fraction of sp³-hybridized carbons (Fsp3) is 0.294. The summed E-state index contributed by atoms with van der Waals surface area (Å²) >= 11 is 1.26. The molecule has 0 saturated carbocycles. The maximum atomic E-state index is 11.9. The van der Waals surface area contributed by atoms with Crippen LogP contribution in [-0.2, 0) is 0 Å². The maximum absolute atomic E-state index is 11.9. The Bertz CT molecular complexity index is 820. The largest absolute Gasteiger partial charge is 0.465 e. The van der Waals surface area contributed by atoms with E-state index in [1.807, 2.05) is 25.2 Å². The SMILES string of the molecule is CN1c2ccc(C3=NN(CCN)C(=O)SC3)cc2NC1c1ccco1. The van der Waals surface area contributed by atoms with Gasteiger partial charge >= 0.3 is 5.24 Å². The van der Waals surface area contributed by atoms with Crippen molar-refractivity contribution in [2.75, 3.05) is 36.1 Å². The number of hydrazone groups is 1. The van der Waals surface area contributed by atoms with Crippen LogP contribution in [0.3, 0.4) is 0 Å². The summed E-state index contributed by atoms with van der Waals surface area (Å²) in [6, 6.07) is 10.0. The van der Waals surface area contributed by atoms with Crippen molar-refractivity contribution in [3.63, 3.8) is 0 Å². The standard InChI is InChI=1S/C17H19N5O2S/c1-21-14-5-4-11(13-10-25-17(23)22(20-13)7-6-18)9-12(14)19-16(21)15-3-2-8-24-15/h2-5,8-9,16,19H,6-7,10,18H2,1H3. The fourth-order valence-electron chi connectivity index (χ4n) is 3.06. The van der Waals surface area contributed by atoms with Crippen LogP contribution in [0.1, 0.15) is 17.5 Å². The van der Waals surface area contributed by atoms with Crippen LogP contribution < -0.4 is 16.0 Å². The molecule has 3 heterocycles. The Balaban J connectivity index is 1.62. The lowest BCUT2D eigenvalue weighted by molar-refractivity contribution is 0.226. The number of hydrogen-bond donors (Lipinski definition) is 2. The maximum Gasteiger partial charge on any atom is 0.302 e. The van der Waals surface area contributed by atoms with Crippen LogP contribution in [0.2, 0.25) is 0 Å². The lowest BCUT2D eigenvalue weighted by Crippen LogP contribution is -2.33. The van der Waals surface area contributed by atoms with Crippen molar-refractivity contribution in [3.05, 3.63) is 47.9 Å². The normalized spacial score (nSPS) is 19.7. The summed E-state index contributed by atoms with van der Waals surface area (Å²) in [4.78, 5) is 14.0. The van der Waals surface area contributed by atoms with Crippen LogP contribution >= 0.6 is 11.8 Å². The summed E-state index contributed by atoms with van der Waals surface area (Å²) in [6.45, 7) is 0.826. The van der Waals surface area contributed by atoms with Crippen molar-refractivity contribution < 1.29 is 9.21 Å². The summed E-state index contributed by atoms with van der Waals surface area (Å²) in [7, 11) is 2.03. The number of hydrogen-bond acceptors (Lipinski definition) is 7. The second-order valence-corrected chi connectivity index (χ2v) is 6.84. The van der Waals surface area contributed by atoms with Gasteiger partial charge in [-0.15, -0.1) is 0 Å². The summed E-state index contributed by atoms with van der Waals surface area (Å²) < 4.78 is 5.53. The van der Waals surface area contributed by atoms with E-state index in [-0.39, 0.29) is 11.4 Å². The first-order valence-electron chi connectivity index (χ1n) is 8.06. The number of fused-ring (bicyclic) bond motifs is 1. The minimum absolute atomic E-state index is 0.0294. The lowest BCUT2D eigenvalue weighted by atomic mass is 10.1. The van der Waals surface area contributed by atoms with E-state index in [1.165, 1.54) is 16.8 Å². The quantitative estimate of drug-likeness (QED) is 0.875. The molecule has 4 rings (SSSR count). The highest BCUT2D eigenvalue weighted by Crippen LogP contribution is 2.40. The zero-order chi connectivity index (χ0) is 17.4. The molecule has 130 valence electrons. The third kappa shape index (κ3) is 2.87. The van der Waals surface area contributed by atoms with E-state index < -0.39 is 0 Å². The molecule has 7 nitrogen and oxygen atoms in total. The Kier molecular flexibility index (Phi) is 4.14. The van der Waals surface area contributed by atoms with Crippen molar-refractivity contribution in [2.45, 2.75) is 6.17 Å². The monoisotopic (exact) mass is 357 g/mol.